The Labute approximate surface area is 117 Å². The molecule has 0 aliphatic heterocycles. The number of fused-ring (bicyclic) bond motifs is 1. The molecule has 0 unspecified atom stereocenters. The molecule has 0 radical (unpaired) electrons. The third-order valence-electron chi connectivity index (χ3n) is 3.89. The molecule has 1 fully saturated rings. The first-order valence-corrected chi connectivity index (χ1v) is 7.91. The summed E-state index contributed by atoms with van der Waals surface area (Å²) in [5.74, 6) is 0. The van der Waals surface area contributed by atoms with Crippen molar-refractivity contribution < 1.29 is 13.5 Å². The summed E-state index contributed by atoms with van der Waals surface area (Å²) in [7, 11) is -3.61. The Morgan fingerprint density at radius 2 is 2.15 bits per heavy atom. The van der Waals surface area contributed by atoms with Gasteiger partial charge in [0.05, 0.1) is 0 Å². The molecule has 0 saturated heterocycles. The van der Waals surface area contributed by atoms with Gasteiger partial charge in [-0.15, -0.1) is 0 Å². The molecule has 7 heteroatoms. The van der Waals surface area contributed by atoms with Gasteiger partial charge in [0, 0.05) is 41.4 Å². The predicted octanol–water partition coefficient (Wildman–Crippen LogP) is 0.801. The zero-order valence-corrected chi connectivity index (χ0v) is 11.7. The summed E-state index contributed by atoms with van der Waals surface area (Å²) in [6, 6.07) is 5.10. The van der Waals surface area contributed by atoms with E-state index in [9.17, 15) is 13.5 Å². The maximum Gasteiger partial charge on any atom is 0.242 e. The van der Waals surface area contributed by atoms with Gasteiger partial charge in [-0.05, 0) is 31.0 Å². The van der Waals surface area contributed by atoms with Crippen LogP contribution in [-0.4, -0.2) is 31.7 Å². The molecule has 3 rings (SSSR count). The topological polar surface area (TPSA) is 108 Å². The van der Waals surface area contributed by atoms with Crippen LogP contribution in [0.4, 0.5) is 5.69 Å². The van der Waals surface area contributed by atoms with Crippen LogP contribution in [0.5, 0.6) is 0 Å². The number of anilines is 1. The molecule has 1 heterocycles. The third-order valence-corrected chi connectivity index (χ3v) is 5.33. The number of aliphatic hydroxyl groups excluding tert-OH is 1. The zero-order chi connectivity index (χ0) is 14.4. The monoisotopic (exact) mass is 295 g/mol. The van der Waals surface area contributed by atoms with Gasteiger partial charge in [0.15, 0.2) is 0 Å². The molecule has 1 aromatic heterocycles. The van der Waals surface area contributed by atoms with Crippen molar-refractivity contribution >= 4 is 26.6 Å². The maximum atomic E-state index is 12.4. The van der Waals surface area contributed by atoms with E-state index in [0.717, 1.165) is 18.4 Å². The second-order valence-corrected chi connectivity index (χ2v) is 7.18. The van der Waals surface area contributed by atoms with Crippen molar-refractivity contribution in [3.05, 3.63) is 24.4 Å². The van der Waals surface area contributed by atoms with Crippen molar-refractivity contribution in [1.82, 2.24) is 9.71 Å². The number of aromatic amines is 1. The molecule has 1 aliphatic carbocycles. The molecule has 1 aliphatic rings. The maximum absolute atomic E-state index is 12.4. The smallest absolute Gasteiger partial charge is 0.242 e. The number of nitrogens with one attached hydrogen (secondary N) is 2. The number of rotatable bonds is 5. The number of sulfonamides is 1. The highest BCUT2D eigenvalue weighted by Crippen LogP contribution is 2.44. The Bertz CT molecular complexity index is 747. The van der Waals surface area contributed by atoms with E-state index in [-0.39, 0.29) is 23.5 Å². The minimum atomic E-state index is -3.61. The number of aliphatic hydroxyl groups is 1. The van der Waals surface area contributed by atoms with E-state index in [2.05, 4.69) is 9.71 Å². The van der Waals surface area contributed by atoms with E-state index in [0.29, 0.717) is 11.1 Å². The molecule has 6 nitrogen and oxygen atoms in total. The fraction of sp³-hybridized carbons (Fsp3) is 0.385. The van der Waals surface area contributed by atoms with Gasteiger partial charge in [-0.25, -0.2) is 13.1 Å². The lowest BCUT2D eigenvalue weighted by molar-refractivity contribution is 0.213. The molecule has 5 N–H and O–H groups in total. The number of benzene rings is 1. The largest absolute Gasteiger partial charge is 0.399 e. The highest BCUT2D eigenvalue weighted by atomic mass is 32.2. The van der Waals surface area contributed by atoms with Crippen molar-refractivity contribution in [1.29, 1.82) is 0 Å². The Balaban J connectivity index is 1.91. The van der Waals surface area contributed by atoms with Crippen molar-refractivity contribution in [2.24, 2.45) is 5.41 Å². The average molecular weight is 295 g/mol. The Kier molecular flexibility index (Phi) is 3.00. The predicted molar refractivity (Wildman–Crippen MR) is 76.7 cm³/mol. The molecule has 1 saturated carbocycles. The molecule has 0 spiro atoms. The molecule has 0 atom stereocenters. The van der Waals surface area contributed by atoms with Crippen LogP contribution in [0, 0.1) is 5.41 Å². The van der Waals surface area contributed by atoms with Crippen LogP contribution < -0.4 is 10.5 Å². The Hall–Kier alpha value is -1.57. The van der Waals surface area contributed by atoms with Crippen LogP contribution in [0.15, 0.2) is 29.3 Å². The van der Waals surface area contributed by atoms with E-state index < -0.39 is 10.0 Å². The summed E-state index contributed by atoms with van der Waals surface area (Å²) >= 11 is 0. The van der Waals surface area contributed by atoms with E-state index in [4.69, 9.17) is 5.73 Å². The molecule has 2 aromatic rings. The highest BCUT2D eigenvalue weighted by molar-refractivity contribution is 7.89. The fourth-order valence-electron chi connectivity index (χ4n) is 2.23. The third kappa shape index (κ3) is 2.28. The van der Waals surface area contributed by atoms with Crippen molar-refractivity contribution in [2.45, 2.75) is 17.7 Å². The second kappa shape index (κ2) is 4.47. The summed E-state index contributed by atoms with van der Waals surface area (Å²) in [4.78, 5) is 3.11. The molecule has 108 valence electrons. The minimum absolute atomic E-state index is 0.0103. The molecule has 0 bridgehead atoms. The SMILES string of the molecule is Nc1ccc2[nH]cc(S(=O)(=O)NCC3(CO)CC3)c2c1. The fourth-order valence-corrected chi connectivity index (χ4v) is 3.55. The van der Waals surface area contributed by atoms with E-state index >= 15 is 0 Å². The van der Waals surface area contributed by atoms with Crippen molar-refractivity contribution in [2.75, 3.05) is 18.9 Å². The molecule has 20 heavy (non-hydrogen) atoms. The summed E-state index contributed by atoms with van der Waals surface area (Å²) in [6.07, 6.45) is 3.17. The first-order valence-electron chi connectivity index (χ1n) is 6.43. The van der Waals surface area contributed by atoms with E-state index in [1.165, 1.54) is 6.20 Å². The normalized spacial score (nSPS) is 17.4. The number of H-pyrrole nitrogens is 1. The number of nitrogens with two attached hydrogens (primary N) is 1. The lowest BCUT2D eigenvalue weighted by Crippen LogP contribution is -2.31. The van der Waals surface area contributed by atoms with Crippen LogP contribution in [0.25, 0.3) is 10.9 Å². The van der Waals surface area contributed by atoms with Gasteiger partial charge < -0.3 is 15.8 Å². The lowest BCUT2D eigenvalue weighted by Gasteiger charge is -2.12. The van der Waals surface area contributed by atoms with Gasteiger partial charge in [0.2, 0.25) is 10.0 Å². The quantitative estimate of drug-likeness (QED) is 0.612. The van der Waals surface area contributed by atoms with Crippen molar-refractivity contribution in [3.63, 3.8) is 0 Å². The number of hydrogen-bond donors (Lipinski definition) is 4. The van der Waals surface area contributed by atoms with Gasteiger partial charge in [0.25, 0.3) is 0 Å². The summed E-state index contributed by atoms with van der Waals surface area (Å²) in [5.41, 5.74) is 6.68. The molecule has 0 amide bonds. The van der Waals surface area contributed by atoms with Gasteiger partial charge in [0.1, 0.15) is 4.90 Å². The summed E-state index contributed by atoms with van der Waals surface area (Å²) < 4.78 is 27.3. The summed E-state index contributed by atoms with van der Waals surface area (Å²) in [6.45, 7) is 0.275. The highest BCUT2D eigenvalue weighted by Gasteiger charge is 2.42. The molecule has 1 aromatic carbocycles. The van der Waals surface area contributed by atoms with Crippen LogP contribution >= 0.6 is 0 Å². The first-order chi connectivity index (χ1) is 9.46. The number of nitrogen functional groups attached to an aromatic ring is 1. The summed E-state index contributed by atoms with van der Waals surface area (Å²) in [5, 5.41) is 9.81. The second-order valence-electron chi connectivity index (χ2n) is 5.44. The molecular formula is C13H17N3O3S. The van der Waals surface area contributed by atoms with E-state index in [1.807, 2.05) is 0 Å². The minimum Gasteiger partial charge on any atom is -0.399 e. The first kappa shape index (κ1) is 13.4. The standard InChI is InChI=1S/C13H17N3O3S/c14-9-1-2-11-10(5-9)12(6-15-11)20(18,19)16-7-13(8-17)3-4-13/h1-2,5-6,15-17H,3-4,7-8,14H2. The van der Waals surface area contributed by atoms with Crippen LogP contribution in [-0.2, 0) is 10.0 Å². The lowest BCUT2D eigenvalue weighted by atomic mass is 10.1. The van der Waals surface area contributed by atoms with E-state index in [1.54, 1.807) is 18.2 Å². The van der Waals surface area contributed by atoms with Gasteiger partial charge in [-0.1, -0.05) is 0 Å². The number of aromatic nitrogens is 1. The molecular weight excluding hydrogens is 278 g/mol. The van der Waals surface area contributed by atoms with Crippen LogP contribution in [0.2, 0.25) is 0 Å². The average Bonchev–Trinajstić information content (AvgIpc) is 3.08. The van der Waals surface area contributed by atoms with Gasteiger partial charge >= 0.3 is 0 Å². The van der Waals surface area contributed by atoms with Gasteiger partial charge in [-0.2, -0.15) is 0 Å². The Morgan fingerprint density at radius 1 is 1.40 bits per heavy atom. The van der Waals surface area contributed by atoms with Crippen LogP contribution in [0.1, 0.15) is 12.8 Å². The van der Waals surface area contributed by atoms with Crippen LogP contribution in [0.3, 0.4) is 0 Å². The van der Waals surface area contributed by atoms with Gasteiger partial charge in [-0.3, -0.25) is 0 Å². The number of hydrogen-bond acceptors (Lipinski definition) is 4. The zero-order valence-electron chi connectivity index (χ0n) is 10.9. The Morgan fingerprint density at radius 3 is 2.80 bits per heavy atom. The van der Waals surface area contributed by atoms with Crippen molar-refractivity contribution in [3.8, 4) is 0 Å².